The average molecular weight is 453 g/mol. The monoisotopic (exact) mass is 453 g/mol. The van der Waals surface area contributed by atoms with Gasteiger partial charge in [0.2, 0.25) is 5.91 Å². The van der Waals surface area contributed by atoms with Crippen LogP contribution in [-0.4, -0.2) is 48.9 Å². The van der Waals surface area contributed by atoms with Crippen molar-refractivity contribution >= 4 is 47.2 Å². The molecule has 0 atom stereocenters. The molecule has 0 spiro atoms. The first-order valence-corrected chi connectivity index (χ1v) is 8.48. The van der Waals surface area contributed by atoms with Gasteiger partial charge in [0, 0.05) is 26.0 Å². The zero-order chi connectivity index (χ0) is 16.5. The third-order valence-corrected chi connectivity index (χ3v) is 3.85. The number of halogens is 1. The molecule has 0 fully saturated rings. The van der Waals surface area contributed by atoms with Gasteiger partial charge in [-0.25, -0.2) is 9.98 Å². The summed E-state index contributed by atoms with van der Waals surface area (Å²) in [5.41, 5.74) is 1.12. The van der Waals surface area contributed by atoms with Crippen LogP contribution in [0.2, 0.25) is 0 Å². The van der Waals surface area contributed by atoms with Crippen molar-refractivity contribution in [2.75, 3.05) is 27.2 Å². The van der Waals surface area contributed by atoms with Gasteiger partial charge in [-0.1, -0.05) is 20.8 Å². The molecule has 1 rings (SSSR count). The maximum atomic E-state index is 11.6. The van der Waals surface area contributed by atoms with E-state index in [1.165, 1.54) is 4.90 Å². The number of carbonyl (C=O) groups excluding carboxylic acids is 1. The lowest BCUT2D eigenvalue weighted by atomic mass is 10.2. The first-order valence-electron chi connectivity index (χ1n) is 7.60. The molecule has 8 heteroatoms. The van der Waals surface area contributed by atoms with E-state index in [1.54, 1.807) is 25.4 Å². The van der Waals surface area contributed by atoms with Crippen LogP contribution in [0.4, 0.5) is 0 Å². The van der Waals surface area contributed by atoms with Crippen molar-refractivity contribution in [2.45, 2.75) is 39.7 Å². The van der Waals surface area contributed by atoms with Crippen molar-refractivity contribution in [1.82, 2.24) is 20.5 Å². The number of nitrogens with one attached hydrogen (secondary N) is 2. The Labute approximate surface area is 160 Å². The van der Waals surface area contributed by atoms with Gasteiger partial charge in [0.1, 0.15) is 11.6 Å². The lowest BCUT2D eigenvalue weighted by molar-refractivity contribution is -0.127. The number of nitrogens with zero attached hydrogens (tertiary/aromatic N) is 3. The number of carbonyl (C=O) groups is 1. The van der Waals surface area contributed by atoms with Crippen LogP contribution >= 0.6 is 35.3 Å². The number of aliphatic imine (C=N–C) groups is 1. The van der Waals surface area contributed by atoms with Gasteiger partial charge in [0.25, 0.3) is 0 Å². The van der Waals surface area contributed by atoms with E-state index in [0.717, 1.165) is 23.7 Å². The summed E-state index contributed by atoms with van der Waals surface area (Å²) in [7, 11) is 3.46. The largest absolute Gasteiger partial charge is 0.356 e. The Balaban J connectivity index is 0.00000484. The van der Waals surface area contributed by atoms with Gasteiger partial charge in [-0.3, -0.25) is 4.79 Å². The van der Waals surface area contributed by atoms with E-state index in [1.807, 2.05) is 0 Å². The van der Waals surface area contributed by atoms with Crippen LogP contribution in [0.25, 0.3) is 0 Å². The van der Waals surface area contributed by atoms with Crippen molar-refractivity contribution in [3.63, 3.8) is 0 Å². The van der Waals surface area contributed by atoms with Crippen LogP contribution in [0, 0.1) is 0 Å². The van der Waals surface area contributed by atoms with Crippen LogP contribution < -0.4 is 10.6 Å². The third kappa shape index (κ3) is 8.50. The minimum atomic E-state index is -0.0195. The van der Waals surface area contributed by atoms with Crippen LogP contribution in [0.5, 0.6) is 0 Å². The number of rotatable bonds is 7. The molecule has 0 saturated heterocycles. The molecule has 1 heterocycles. The normalized spacial score (nSPS) is 11.1. The Morgan fingerprint density at radius 2 is 2.09 bits per heavy atom. The number of thiazole rings is 1. The number of hydrogen-bond acceptors (Lipinski definition) is 4. The molecule has 132 valence electrons. The zero-order valence-electron chi connectivity index (χ0n) is 14.5. The van der Waals surface area contributed by atoms with Gasteiger partial charge in [-0.15, -0.1) is 35.3 Å². The summed E-state index contributed by atoms with van der Waals surface area (Å²) in [6, 6.07) is 0. The second kappa shape index (κ2) is 11.6. The molecule has 0 aliphatic heterocycles. The van der Waals surface area contributed by atoms with E-state index in [2.05, 4.69) is 46.8 Å². The lowest BCUT2D eigenvalue weighted by Crippen LogP contribution is -2.38. The topological polar surface area (TPSA) is 69.6 Å². The number of likely N-dealkylation sites (N-methyl/N-ethyl adjacent to an activating group) is 1. The van der Waals surface area contributed by atoms with Crippen LogP contribution in [-0.2, 0) is 11.3 Å². The van der Waals surface area contributed by atoms with Gasteiger partial charge in [0.05, 0.1) is 12.2 Å². The van der Waals surface area contributed by atoms with Gasteiger partial charge in [-0.05, 0) is 12.3 Å². The Kier molecular flexibility index (Phi) is 11.2. The van der Waals surface area contributed by atoms with E-state index in [0.29, 0.717) is 18.4 Å². The Morgan fingerprint density at radius 1 is 1.39 bits per heavy atom. The number of amides is 1. The maximum absolute atomic E-state index is 11.6. The van der Waals surface area contributed by atoms with Crippen LogP contribution in [0.15, 0.2) is 10.4 Å². The van der Waals surface area contributed by atoms with E-state index in [4.69, 9.17) is 0 Å². The second-order valence-corrected chi connectivity index (χ2v) is 6.50. The van der Waals surface area contributed by atoms with Crippen molar-refractivity contribution < 1.29 is 4.79 Å². The third-order valence-electron chi connectivity index (χ3n) is 2.98. The first-order chi connectivity index (χ1) is 10.4. The van der Waals surface area contributed by atoms with Crippen molar-refractivity contribution in [3.8, 4) is 0 Å². The van der Waals surface area contributed by atoms with Gasteiger partial charge < -0.3 is 15.5 Å². The molecule has 6 nitrogen and oxygen atoms in total. The quantitative estimate of drug-likeness (QED) is 0.378. The highest BCUT2D eigenvalue weighted by Crippen LogP contribution is 2.17. The fourth-order valence-electron chi connectivity index (χ4n) is 1.54. The Hall–Kier alpha value is -0.900. The first kappa shape index (κ1) is 22.1. The van der Waals surface area contributed by atoms with Crippen molar-refractivity contribution in [1.29, 1.82) is 0 Å². The molecule has 0 radical (unpaired) electrons. The predicted molar refractivity (Wildman–Crippen MR) is 108 cm³/mol. The van der Waals surface area contributed by atoms with Crippen LogP contribution in [0.3, 0.4) is 0 Å². The Bertz CT molecular complexity index is 502. The molecular formula is C15H28IN5OS. The summed E-state index contributed by atoms with van der Waals surface area (Å²) < 4.78 is 0. The van der Waals surface area contributed by atoms with E-state index < -0.39 is 0 Å². The van der Waals surface area contributed by atoms with Crippen LogP contribution in [0.1, 0.15) is 43.8 Å². The molecule has 0 bridgehead atoms. The van der Waals surface area contributed by atoms with E-state index in [9.17, 15) is 4.79 Å². The smallest absolute Gasteiger partial charge is 0.243 e. The molecule has 0 aliphatic carbocycles. The van der Waals surface area contributed by atoms with E-state index in [-0.39, 0.29) is 36.4 Å². The molecule has 1 aromatic heterocycles. The molecule has 1 amide bonds. The predicted octanol–water partition coefficient (Wildman–Crippen LogP) is 2.42. The summed E-state index contributed by atoms with van der Waals surface area (Å²) in [5, 5.41) is 9.55. The van der Waals surface area contributed by atoms with Gasteiger partial charge >= 0.3 is 0 Å². The van der Waals surface area contributed by atoms with Gasteiger partial charge in [0.15, 0.2) is 5.96 Å². The summed E-state index contributed by atoms with van der Waals surface area (Å²) in [5.74, 6) is 1.07. The molecule has 0 unspecified atom stereocenters. The fraction of sp³-hybridized carbons (Fsp3) is 0.667. The number of guanidine groups is 1. The molecular weight excluding hydrogens is 425 g/mol. The lowest BCUT2D eigenvalue weighted by Gasteiger charge is -2.12. The average Bonchev–Trinajstić information content (AvgIpc) is 2.95. The van der Waals surface area contributed by atoms with Gasteiger partial charge in [-0.2, -0.15) is 0 Å². The highest BCUT2D eigenvalue weighted by Gasteiger charge is 2.07. The van der Waals surface area contributed by atoms with Crippen molar-refractivity contribution in [2.24, 2.45) is 4.99 Å². The molecule has 23 heavy (non-hydrogen) atoms. The molecule has 2 N–H and O–H groups in total. The molecule has 0 aromatic carbocycles. The minimum Gasteiger partial charge on any atom is -0.356 e. The fourth-order valence-corrected chi connectivity index (χ4v) is 2.43. The molecule has 0 saturated carbocycles. The highest BCUT2D eigenvalue weighted by atomic mass is 127. The molecule has 0 aliphatic rings. The number of hydrogen-bond donors (Lipinski definition) is 2. The number of aromatic nitrogens is 1. The SMILES string of the molecule is CCCNC(=NCC(=O)N(C)C)NCc1nc(C(C)C)cs1.I. The Morgan fingerprint density at radius 3 is 2.61 bits per heavy atom. The zero-order valence-corrected chi connectivity index (χ0v) is 17.7. The molecule has 1 aromatic rings. The standard InChI is InChI=1S/C15H27N5OS.HI/c1-6-7-16-15(18-9-14(21)20(4)5)17-8-13-19-12(10-22-13)11(2)3;/h10-11H,6-9H2,1-5H3,(H2,16,17,18);1H. The summed E-state index contributed by atoms with van der Waals surface area (Å²) in [6.45, 7) is 7.93. The maximum Gasteiger partial charge on any atom is 0.243 e. The summed E-state index contributed by atoms with van der Waals surface area (Å²) >= 11 is 1.64. The minimum absolute atomic E-state index is 0. The highest BCUT2D eigenvalue weighted by molar-refractivity contribution is 14.0. The second-order valence-electron chi connectivity index (χ2n) is 5.55. The summed E-state index contributed by atoms with van der Waals surface area (Å²) in [4.78, 5) is 22.1. The summed E-state index contributed by atoms with van der Waals surface area (Å²) in [6.07, 6.45) is 0.997. The van der Waals surface area contributed by atoms with E-state index >= 15 is 0 Å². The van der Waals surface area contributed by atoms with Crippen molar-refractivity contribution in [3.05, 3.63) is 16.1 Å².